The van der Waals surface area contributed by atoms with Gasteiger partial charge in [-0.2, -0.15) is 0 Å². The second kappa shape index (κ2) is 12.9. The Bertz CT molecular complexity index is 1120. The number of ether oxygens (including phenoxy) is 1. The van der Waals surface area contributed by atoms with E-state index in [2.05, 4.69) is 0 Å². The molecule has 3 aromatic carbocycles. The zero-order chi connectivity index (χ0) is 26.9. The maximum Gasteiger partial charge on any atom is 0.269 e. The summed E-state index contributed by atoms with van der Waals surface area (Å²) < 4.78 is 5.72. The topological polar surface area (TPSA) is 159 Å². The molecule has 3 N–H and O–H groups in total. The first-order chi connectivity index (χ1) is 17.6. The molecule has 3 atom stereocenters. The molecule has 0 unspecified atom stereocenters. The quantitative estimate of drug-likeness (QED) is 0.231. The van der Waals surface area contributed by atoms with Gasteiger partial charge < -0.3 is 20.1 Å². The number of aliphatic hydroxyl groups is 3. The fraction of sp³-hybridized carbons (Fsp3) is 0.308. The minimum absolute atomic E-state index is 0.00325. The zero-order valence-electron chi connectivity index (χ0n) is 20.2. The first-order valence-corrected chi connectivity index (χ1v) is 11.6. The van der Waals surface area contributed by atoms with Crippen LogP contribution in [0.4, 0.5) is 11.4 Å². The molecule has 3 aromatic rings. The number of hydrogen-bond acceptors (Lipinski definition) is 9. The van der Waals surface area contributed by atoms with Crippen molar-refractivity contribution in [2.45, 2.75) is 25.2 Å². The van der Waals surface area contributed by atoms with Gasteiger partial charge in [0, 0.05) is 43.9 Å². The van der Waals surface area contributed by atoms with E-state index in [1.165, 1.54) is 48.5 Å². The zero-order valence-corrected chi connectivity index (χ0v) is 20.2. The number of hydrogen-bond donors (Lipinski definition) is 3. The number of benzene rings is 3. The Balaban J connectivity index is 1.71. The average Bonchev–Trinajstić information content (AvgIpc) is 2.88. The number of nitrogens with zero attached hydrogens (tertiary/aromatic N) is 3. The van der Waals surface area contributed by atoms with Crippen molar-refractivity contribution < 1.29 is 29.9 Å². The van der Waals surface area contributed by atoms with Crippen molar-refractivity contribution in [3.8, 4) is 5.75 Å². The Morgan fingerprint density at radius 1 is 0.757 bits per heavy atom. The van der Waals surface area contributed by atoms with Crippen LogP contribution in [-0.4, -0.2) is 62.4 Å². The number of aryl methyl sites for hydroxylation is 1. The molecule has 11 nitrogen and oxygen atoms in total. The predicted molar refractivity (Wildman–Crippen MR) is 135 cm³/mol. The highest BCUT2D eigenvalue weighted by molar-refractivity contribution is 5.35. The van der Waals surface area contributed by atoms with Crippen molar-refractivity contribution in [1.29, 1.82) is 0 Å². The second-order valence-electron chi connectivity index (χ2n) is 8.68. The Hall–Kier alpha value is -3.90. The summed E-state index contributed by atoms with van der Waals surface area (Å²) in [4.78, 5) is 22.4. The van der Waals surface area contributed by atoms with Crippen LogP contribution in [-0.2, 0) is 0 Å². The first kappa shape index (κ1) is 27.7. The number of aliphatic hydroxyl groups excluding tert-OH is 3. The average molecular weight is 512 g/mol. The van der Waals surface area contributed by atoms with Gasteiger partial charge in [0.2, 0.25) is 0 Å². The second-order valence-corrected chi connectivity index (χ2v) is 8.68. The predicted octanol–water partition coefficient (Wildman–Crippen LogP) is 3.32. The van der Waals surface area contributed by atoms with E-state index < -0.39 is 28.2 Å². The van der Waals surface area contributed by atoms with Crippen LogP contribution in [0, 0.1) is 27.2 Å². The van der Waals surface area contributed by atoms with E-state index in [1.54, 1.807) is 11.0 Å². The number of para-hydroxylation sites is 1. The van der Waals surface area contributed by atoms with E-state index >= 15 is 0 Å². The standard InChI is InChI=1S/C26H29N3O8/c1-18-4-2-3-5-26(18)37-17-23(30)14-27(15-24(31)19-6-10-21(11-7-19)28(33)34)16-25(32)20-8-12-22(13-9-20)29(35)36/h2-13,23-25,30-32H,14-17H2,1H3/t23-,24-,25-/m1/s1. The first-order valence-electron chi connectivity index (χ1n) is 11.6. The molecule has 196 valence electrons. The maximum absolute atomic E-state index is 10.9. The Kier molecular flexibility index (Phi) is 9.64. The Morgan fingerprint density at radius 2 is 1.22 bits per heavy atom. The highest BCUT2D eigenvalue weighted by Crippen LogP contribution is 2.23. The van der Waals surface area contributed by atoms with E-state index in [4.69, 9.17) is 4.74 Å². The molecule has 0 aliphatic carbocycles. The molecule has 0 aliphatic heterocycles. The van der Waals surface area contributed by atoms with Crippen molar-refractivity contribution in [1.82, 2.24) is 4.90 Å². The van der Waals surface area contributed by atoms with Gasteiger partial charge >= 0.3 is 0 Å². The van der Waals surface area contributed by atoms with Gasteiger partial charge in [-0.25, -0.2) is 0 Å². The molecule has 0 saturated carbocycles. The molecular formula is C26H29N3O8. The number of non-ortho nitro benzene ring substituents is 2. The summed E-state index contributed by atoms with van der Waals surface area (Å²) in [5.41, 5.74) is 1.57. The molecular weight excluding hydrogens is 482 g/mol. The lowest BCUT2D eigenvalue weighted by molar-refractivity contribution is -0.385. The van der Waals surface area contributed by atoms with E-state index in [9.17, 15) is 35.5 Å². The van der Waals surface area contributed by atoms with Gasteiger partial charge in [0.1, 0.15) is 18.5 Å². The molecule has 3 rings (SSSR count). The van der Waals surface area contributed by atoms with E-state index in [-0.39, 0.29) is 37.6 Å². The molecule has 0 saturated heterocycles. The third-order valence-electron chi connectivity index (χ3n) is 5.83. The van der Waals surface area contributed by atoms with Crippen LogP contribution < -0.4 is 4.74 Å². The van der Waals surface area contributed by atoms with Crippen molar-refractivity contribution in [2.75, 3.05) is 26.2 Å². The smallest absolute Gasteiger partial charge is 0.269 e. The molecule has 0 fully saturated rings. The van der Waals surface area contributed by atoms with Gasteiger partial charge in [0.25, 0.3) is 11.4 Å². The van der Waals surface area contributed by atoms with Crippen LogP contribution in [0.15, 0.2) is 72.8 Å². The summed E-state index contributed by atoms with van der Waals surface area (Å²) in [5.74, 6) is 0.630. The minimum Gasteiger partial charge on any atom is -0.491 e. The molecule has 0 radical (unpaired) electrons. The van der Waals surface area contributed by atoms with Crippen LogP contribution in [0.5, 0.6) is 5.75 Å². The lowest BCUT2D eigenvalue weighted by Crippen LogP contribution is -2.40. The summed E-state index contributed by atoms with van der Waals surface area (Å²) >= 11 is 0. The minimum atomic E-state index is -1.06. The van der Waals surface area contributed by atoms with Crippen LogP contribution in [0.3, 0.4) is 0 Å². The van der Waals surface area contributed by atoms with Crippen LogP contribution in [0.2, 0.25) is 0 Å². The van der Waals surface area contributed by atoms with Crippen molar-refractivity contribution in [2.24, 2.45) is 0 Å². The van der Waals surface area contributed by atoms with Crippen molar-refractivity contribution in [3.05, 3.63) is 110 Å². The third-order valence-corrected chi connectivity index (χ3v) is 5.83. The highest BCUT2D eigenvalue weighted by Gasteiger charge is 2.22. The summed E-state index contributed by atoms with van der Waals surface area (Å²) in [5, 5.41) is 54.0. The lowest BCUT2D eigenvalue weighted by Gasteiger charge is -2.29. The van der Waals surface area contributed by atoms with Gasteiger partial charge in [-0.15, -0.1) is 0 Å². The summed E-state index contributed by atoms with van der Waals surface area (Å²) in [6.45, 7) is 1.91. The highest BCUT2D eigenvalue weighted by atomic mass is 16.6. The Morgan fingerprint density at radius 3 is 1.65 bits per heavy atom. The van der Waals surface area contributed by atoms with Gasteiger partial charge in [-0.05, 0) is 53.9 Å². The number of nitro groups is 2. The van der Waals surface area contributed by atoms with Gasteiger partial charge in [0.15, 0.2) is 0 Å². The van der Waals surface area contributed by atoms with Crippen LogP contribution >= 0.6 is 0 Å². The fourth-order valence-corrected chi connectivity index (χ4v) is 3.82. The molecule has 0 bridgehead atoms. The Labute approximate surface area is 213 Å². The lowest BCUT2D eigenvalue weighted by atomic mass is 10.1. The van der Waals surface area contributed by atoms with E-state index in [1.807, 2.05) is 25.1 Å². The monoisotopic (exact) mass is 511 g/mol. The van der Waals surface area contributed by atoms with Crippen LogP contribution in [0.25, 0.3) is 0 Å². The molecule has 0 aliphatic rings. The molecule has 37 heavy (non-hydrogen) atoms. The maximum atomic E-state index is 10.9. The molecule has 0 amide bonds. The van der Waals surface area contributed by atoms with Crippen LogP contribution in [0.1, 0.15) is 28.9 Å². The molecule has 0 spiro atoms. The van der Waals surface area contributed by atoms with Gasteiger partial charge in [0.05, 0.1) is 22.1 Å². The SMILES string of the molecule is Cc1ccccc1OC[C@H](O)CN(C[C@@H](O)c1ccc([N+](=O)[O-])cc1)C[C@@H](O)c1ccc([N+](=O)[O-])cc1. The molecule has 11 heteroatoms. The van der Waals surface area contributed by atoms with E-state index in [0.29, 0.717) is 16.9 Å². The molecule has 0 aromatic heterocycles. The van der Waals surface area contributed by atoms with Crippen molar-refractivity contribution in [3.63, 3.8) is 0 Å². The van der Waals surface area contributed by atoms with Crippen molar-refractivity contribution >= 4 is 11.4 Å². The normalized spacial score (nSPS) is 13.6. The third kappa shape index (κ3) is 8.05. The fourth-order valence-electron chi connectivity index (χ4n) is 3.82. The number of nitro benzene ring substituents is 2. The summed E-state index contributed by atoms with van der Waals surface area (Å²) in [6, 6.07) is 18.3. The van der Waals surface area contributed by atoms with E-state index in [0.717, 1.165) is 5.56 Å². The molecule has 0 heterocycles. The number of rotatable bonds is 13. The van der Waals surface area contributed by atoms with Gasteiger partial charge in [-0.1, -0.05) is 18.2 Å². The summed E-state index contributed by atoms with van der Waals surface area (Å²) in [6.07, 6.45) is -3.09. The largest absolute Gasteiger partial charge is 0.491 e. The van der Waals surface area contributed by atoms with Gasteiger partial charge in [-0.3, -0.25) is 25.1 Å². The summed E-state index contributed by atoms with van der Waals surface area (Å²) in [7, 11) is 0.